The van der Waals surface area contributed by atoms with Gasteiger partial charge in [0.2, 0.25) is 5.88 Å². The van der Waals surface area contributed by atoms with Crippen LogP contribution in [0.1, 0.15) is 5.56 Å². The Hall–Kier alpha value is -5.54. The zero-order chi connectivity index (χ0) is 27.9. The summed E-state index contributed by atoms with van der Waals surface area (Å²) < 4.78 is 6.13. The second-order valence-corrected chi connectivity index (χ2v) is 10.7. The van der Waals surface area contributed by atoms with Crippen LogP contribution in [0.15, 0.2) is 150 Å². The van der Waals surface area contributed by atoms with E-state index in [1.807, 2.05) is 0 Å². The van der Waals surface area contributed by atoms with Crippen LogP contribution in [-0.2, 0) is 0 Å². The molecule has 0 spiro atoms. The SMILES string of the molecule is C1=Cc2c(oc3ccc(N(c4ccc(-c5ccccc5)cc4)c4ccc5cc(-c6ccccc6)ccc5c4)cc23)NC1. The highest BCUT2D eigenvalue weighted by Crippen LogP contribution is 2.41. The Kier molecular flexibility index (Phi) is 5.86. The van der Waals surface area contributed by atoms with Crippen molar-refractivity contribution in [2.24, 2.45) is 0 Å². The van der Waals surface area contributed by atoms with Crippen molar-refractivity contribution in [3.05, 3.63) is 151 Å². The second-order valence-electron chi connectivity index (χ2n) is 10.7. The average Bonchev–Trinajstić information content (AvgIpc) is 3.44. The van der Waals surface area contributed by atoms with Crippen LogP contribution in [0.2, 0.25) is 0 Å². The van der Waals surface area contributed by atoms with E-state index >= 15 is 0 Å². The minimum Gasteiger partial charge on any atom is -0.440 e. The molecule has 1 aliphatic heterocycles. The van der Waals surface area contributed by atoms with Crippen molar-refractivity contribution < 1.29 is 4.42 Å². The number of anilines is 4. The van der Waals surface area contributed by atoms with Crippen LogP contribution in [0.25, 0.3) is 50.1 Å². The van der Waals surface area contributed by atoms with Gasteiger partial charge < -0.3 is 14.6 Å². The second kappa shape index (κ2) is 10.1. The molecule has 3 nitrogen and oxygen atoms in total. The lowest BCUT2D eigenvalue weighted by Crippen LogP contribution is -2.10. The van der Waals surface area contributed by atoms with Gasteiger partial charge in [0, 0.05) is 34.6 Å². The molecule has 8 rings (SSSR count). The smallest absolute Gasteiger partial charge is 0.201 e. The van der Waals surface area contributed by atoms with Crippen LogP contribution in [-0.4, -0.2) is 6.54 Å². The fourth-order valence-corrected chi connectivity index (χ4v) is 5.93. The summed E-state index contributed by atoms with van der Waals surface area (Å²) in [5, 5.41) is 6.88. The van der Waals surface area contributed by atoms with Gasteiger partial charge in [0.25, 0.3) is 0 Å². The zero-order valence-electron chi connectivity index (χ0n) is 23.0. The molecular formula is C39H28N2O. The maximum atomic E-state index is 6.13. The normalized spacial score (nSPS) is 12.3. The quantitative estimate of drug-likeness (QED) is 0.235. The molecule has 200 valence electrons. The van der Waals surface area contributed by atoms with Gasteiger partial charge in [0.05, 0.1) is 0 Å². The fraction of sp³-hybridized carbons (Fsp3) is 0.0256. The summed E-state index contributed by atoms with van der Waals surface area (Å²) in [7, 11) is 0. The van der Waals surface area contributed by atoms with Crippen molar-refractivity contribution >= 4 is 50.8 Å². The first-order chi connectivity index (χ1) is 20.8. The predicted octanol–water partition coefficient (Wildman–Crippen LogP) is 10.8. The van der Waals surface area contributed by atoms with E-state index in [4.69, 9.17) is 4.42 Å². The molecule has 6 aromatic carbocycles. The van der Waals surface area contributed by atoms with Gasteiger partial charge >= 0.3 is 0 Å². The maximum absolute atomic E-state index is 6.13. The summed E-state index contributed by atoms with van der Waals surface area (Å²) in [5.74, 6) is 0.836. The van der Waals surface area contributed by atoms with Crippen molar-refractivity contribution in [2.75, 3.05) is 16.8 Å². The summed E-state index contributed by atoms with van der Waals surface area (Å²) >= 11 is 0. The molecule has 0 aliphatic carbocycles. The van der Waals surface area contributed by atoms with Crippen LogP contribution in [0.4, 0.5) is 22.9 Å². The van der Waals surface area contributed by atoms with Gasteiger partial charge in [0.1, 0.15) is 5.58 Å². The van der Waals surface area contributed by atoms with E-state index in [1.165, 1.54) is 33.0 Å². The van der Waals surface area contributed by atoms with Crippen molar-refractivity contribution in [2.45, 2.75) is 0 Å². The minimum atomic E-state index is 0.780. The number of hydrogen-bond donors (Lipinski definition) is 1. The first kappa shape index (κ1) is 24.3. The first-order valence-electron chi connectivity index (χ1n) is 14.3. The Morgan fingerprint density at radius 3 is 1.90 bits per heavy atom. The molecule has 0 radical (unpaired) electrons. The van der Waals surface area contributed by atoms with E-state index in [9.17, 15) is 0 Å². The third-order valence-corrected chi connectivity index (χ3v) is 8.05. The Balaban J connectivity index is 1.25. The molecule has 0 saturated carbocycles. The standard InChI is InChI=1S/C39H28N2O/c1-3-8-27(9-4-1)29-15-18-33(19-16-29)41(35-21-22-38-37(26-35)36-12-7-23-40-39(36)42-38)34-20-17-31-24-30(13-14-32(31)25-34)28-10-5-2-6-11-28/h1-22,24-26,40H,23H2. The molecule has 42 heavy (non-hydrogen) atoms. The van der Waals surface area contributed by atoms with Gasteiger partial charge in [-0.15, -0.1) is 0 Å². The van der Waals surface area contributed by atoms with Gasteiger partial charge in [-0.3, -0.25) is 0 Å². The Bertz CT molecular complexity index is 2070. The zero-order valence-corrected chi connectivity index (χ0v) is 23.0. The third kappa shape index (κ3) is 4.32. The van der Waals surface area contributed by atoms with Crippen LogP contribution in [0, 0.1) is 0 Å². The van der Waals surface area contributed by atoms with Crippen molar-refractivity contribution in [3.63, 3.8) is 0 Å². The first-order valence-corrected chi connectivity index (χ1v) is 14.3. The number of furan rings is 1. The van der Waals surface area contributed by atoms with E-state index in [1.54, 1.807) is 0 Å². The summed E-state index contributed by atoms with van der Waals surface area (Å²) in [6, 6.07) is 49.8. The van der Waals surface area contributed by atoms with Crippen LogP contribution < -0.4 is 10.2 Å². The molecule has 0 atom stereocenters. The molecule has 0 saturated heterocycles. The van der Waals surface area contributed by atoms with E-state index in [2.05, 4.69) is 162 Å². The molecular weight excluding hydrogens is 512 g/mol. The van der Waals surface area contributed by atoms with Crippen LogP contribution >= 0.6 is 0 Å². The summed E-state index contributed by atoms with van der Waals surface area (Å²) in [4.78, 5) is 2.33. The van der Waals surface area contributed by atoms with Gasteiger partial charge in [-0.25, -0.2) is 0 Å². The highest BCUT2D eigenvalue weighted by atomic mass is 16.3. The molecule has 1 N–H and O–H groups in total. The molecule has 0 amide bonds. The summed E-state index contributed by atoms with van der Waals surface area (Å²) in [5.41, 5.74) is 10.1. The molecule has 0 bridgehead atoms. The fourth-order valence-electron chi connectivity index (χ4n) is 5.93. The lowest BCUT2D eigenvalue weighted by molar-refractivity contribution is 0.628. The van der Waals surface area contributed by atoms with Crippen LogP contribution in [0.5, 0.6) is 0 Å². The molecule has 1 aliphatic rings. The monoisotopic (exact) mass is 540 g/mol. The number of nitrogens with zero attached hydrogens (tertiary/aromatic N) is 1. The largest absolute Gasteiger partial charge is 0.440 e. The minimum absolute atomic E-state index is 0.780. The Morgan fingerprint density at radius 1 is 0.524 bits per heavy atom. The molecule has 7 aromatic rings. The van der Waals surface area contributed by atoms with E-state index < -0.39 is 0 Å². The van der Waals surface area contributed by atoms with Gasteiger partial charge in [-0.2, -0.15) is 0 Å². The third-order valence-electron chi connectivity index (χ3n) is 8.05. The van der Waals surface area contributed by atoms with Gasteiger partial charge in [-0.1, -0.05) is 103 Å². The molecule has 1 aromatic heterocycles. The lowest BCUT2D eigenvalue weighted by Gasteiger charge is -2.26. The van der Waals surface area contributed by atoms with Gasteiger partial charge in [0.15, 0.2) is 0 Å². The summed E-state index contributed by atoms with van der Waals surface area (Å²) in [6.45, 7) is 0.780. The number of hydrogen-bond acceptors (Lipinski definition) is 3. The maximum Gasteiger partial charge on any atom is 0.201 e. The number of nitrogens with one attached hydrogen (secondary N) is 1. The van der Waals surface area contributed by atoms with E-state index in [0.717, 1.165) is 46.0 Å². The van der Waals surface area contributed by atoms with E-state index in [-0.39, 0.29) is 0 Å². The topological polar surface area (TPSA) is 28.4 Å². The summed E-state index contributed by atoms with van der Waals surface area (Å²) in [6.07, 6.45) is 4.29. The Labute approximate surface area is 245 Å². The lowest BCUT2D eigenvalue weighted by atomic mass is 10.0. The molecule has 0 fully saturated rings. The highest BCUT2D eigenvalue weighted by Gasteiger charge is 2.19. The van der Waals surface area contributed by atoms with E-state index in [0.29, 0.717) is 0 Å². The molecule has 2 heterocycles. The number of fused-ring (bicyclic) bond motifs is 4. The predicted molar refractivity (Wildman–Crippen MR) is 177 cm³/mol. The van der Waals surface area contributed by atoms with Crippen LogP contribution in [0.3, 0.4) is 0 Å². The number of rotatable bonds is 5. The van der Waals surface area contributed by atoms with Crippen molar-refractivity contribution in [1.82, 2.24) is 0 Å². The average molecular weight is 541 g/mol. The molecule has 3 heteroatoms. The number of benzene rings is 6. The highest BCUT2D eigenvalue weighted by molar-refractivity contribution is 5.98. The van der Waals surface area contributed by atoms with Crippen molar-refractivity contribution in [1.29, 1.82) is 0 Å². The Morgan fingerprint density at radius 2 is 1.12 bits per heavy atom. The van der Waals surface area contributed by atoms with Crippen molar-refractivity contribution in [3.8, 4) is 22.3 Å². The van der Waals surface area contributed by atoms with Gasteiger partial charge in [-0.05, 0) is 81.6 Å². The molecule has 0 unspecified atom stereocenters.